The Balaban J connectivity index is 3.54. The second kappa shape index (κ2) is 7.63. The first kappa shape index (κ1) is 15.4. The molecule has 0 rings (SSSR count). The van der Waals surface area contributed by atoms with Crippen LogP contribution in [0, 0.1) is 11.3 Å². The Morgan fingerprint density at radius 2 is 2.00 bits per heavy atom. The minimum atomic E-state index is -0.479. The van der Waals surface area contributed by atoms with Crippen molar-refractivity contribution in [1.82, 2.24) is 5.32 Å². The molecule has 4 nitrogen and oxygen atoms in total. The summed E-state index contributed by atoms with van der Waals surface area (Å²) in [7, 11) is 1.41. The van der Waals surface area contributed by atoms with E-state index >= 15 is 0 Å². The number of carbonyl (C=O) groups excluding carboxylic acids is 1. The van der Waals surface area contributed by atoms with Crippen LogP contribution in [0.3, 0.4) is 0 Å². The summed E-state index contributed by atoms with van der Waals surface area (Å²) in [5, 5.41) is 3.19. The van der Waals surface area contributed by atoms with E-state index in [4.69, 9.17) is 9.47 Å². The molecular formula is C12H25NO3. The third kappa shape index (κ3) is 6.80. The maximum atomic E-state index is 11.3. The Kier molecular flexibility index (Phi) is 7.34. The van der Waals surface area contributed by atoms with Crippen LogP contribution in [0.1, 0.15) is 27.7 Å². The highest BCUT2D eigenvalue weighted by Gasteiger charge is 2.27. The molecule has 0 aromatic carbocycles. The normalized spacial score (nSPS) is 11.9. The van der Waals surface area contributed by atoms with Crippen LogP contribution in [0.2, 0.25) is 0 Å². The first-order valence-corrected chi connectivity index (χ1v) is 5.77. The van der Waals surface area contributed by atoms with Gasteiger partial charge in [-0.05, 0) is 19.8 Å². The zero-order chi connectivity index (χ0) is 12.6. The van der Waals surface area contributed by atoms with Gasteiger partial charge in [0.1, 0.15) is 0 Å². The largest absolute Gasteiger partial charge is 0.469 e. The smallest absolute Gasteiger partial charge is 0.312 e. The summed E-state index contributed by atoms with van der Waals surface area (Å²) in [5.74, 6) is 0.370. The molecule has 0 amide bonds. The van der Waals surface area contributed by atoms with E-state index in [0.717, 1.165) is 13.2 Å². The average Bonchev–Trinajstić information content (AvgIpc) is 2.21. The summed E-state index contributed by atoms with van der Waals surface area (Å²) in [6.45, 7) is 10.8. The van der Waals surface area contributed by atoms with Gasteiger partial charge in [0.05, 0.1) is 19.1 Å². The van der Waals surface area contributed by atoms with Crippen molar-refractivity contribution in [1.29, 1.82) is 0 Å². The predicted octanol–water partition coefficient (Wildman–Crippen LogP) is 1.45. The standard InChI is InChI=1S/C12H25NO3/c1-10(2)8-16-7-6-13-9-12(3,4)11(14)15-5/h10,13H,6-9H2,1-5H3. The fraction of sp³-hybridized carbons (Fsp3) is 0.917. The van der Waals surface area contributed by atoms with Crippen molar-refractivity contribution in [2.75, 3.05) is 33.4 Å². The minimum absolute atomic E-state index is 0.192. The molecule has 0 saturated carbocycles. The molecule has 1 N–H and O–H groups in total. The molecule has 0 saturated heterocycles. The van der Waals surface area contributed by atoms with Gasteiger partial charge in [0.15, 0.2) is 0 Å². The van der Waals surface area contributed by atoms with Crippen molar-refractivity contribution in [2.45, 2.75) is 27.7 Å². The molecular weight excluding hydrogens is 206 g/mol. The molecule has 0 atom stereocenters. The van der Waals surface area contributed by atoms with Gasteiger partial charge in [-0.25, -0.2) is 0 Å². The third-order valence-electron chi connectivity index (χ3n) is 2.18. The predicted molar refractivity (Wildman–Crippen MR) is 64.3 cm³/mol. The van der Waals surface area contributed by atoms with Gasteiger partial charge in [-0.1, -0.05) is 13.8 Å². The van der Waals surface area contributed by atoms with Gasteiger partial charge in [-0.2, -0.15) is 0 Å². The van der Waals surface area contributed by atoms with Gasteiger partial charge in [0.2, 0.25) is 0 Å². The van der Waals surface area contributed by atoms with E-state index in [1.165, 1.54) is 7.11 Å². The summed E-state index contributed by atoms with van der Waals surface area (Å²) in [6, 6.07) is 0. The molecule has 0 spiro atoms. The fourth-order valence-electron chi connectivity index (χ4n) is 1.21. The Hall–Kier alpha value is -0.610. The first-order chi connectivity index (χ1) is 7.40. The number of esters is 1. The van der Waals surface area contributed by atoms with E-state index in [-0.39, 0.29) is 5.97 Å². The minimum Gasteiger partial charge on any atom is -0.469 e. The second-order valence-corrected chi connectivity index (χ2v) is 5.02. The Bertz CT molecular complexity index is 202. The van der Waals surface area contributed by atoms with E-state index in [1.54, 1.807) is 0 Å². The Morgan fingerprint density at radius 1 is 1.38 bits per heavy atom. The van der Waals surface area contributed by atoms with Crippen molar-refractivity contribution >= 4 is 5.97 Å². The highest BCUT2D eigenvalue weighted by molar-refractivity contribution is 5.75. The van der Waals surface area contributed by atoms with E-state index in [2.05, 4.69) is 19.2 Å². The van der Waals surface area contributed by atoms with E-state index < -0.39 is 5.41 Å². The van der Waals surface area contributed by atoms with Crippen molar-refractivity contribution in [2.24, 2.45) is 11.3 Å². The van der Waals surface area contributed by atoms with Crippen molar-refractivity contribution in [3.8, 4) is 0 Å². The van der Waals surface area contributed by atoms with Gasteiger partial charge in [0.25, 0.3) is 0 Å². The summed E-state index contributed by atoms with van der Waals surface area (Å²) in [4.78, 5) is 11.3. The maximum Gasteiger partial charge on any atom is 0.312 e. The summed E-state index contributed by atoms with van der Waals surface area (Å²) < 4.78 is 10.1. The highest BCUT2D eigenvalue weighted by atomic mass is 16.5. The summed E-state index contributed by atoms with van der Waals surface area (Å²) in [6.07, 6.45) is 0. The molecule has 0 unspecified atom stereocenters. The lowest BCUT2D eigenvalue weighted by Gasteiger charge is -2.21. The molecule has 0 aliphatic heterocycles. The number of hydrogen-bond acceptors (Lipinski definition) is 4. The van der Waals surface area contributed by atoms with Crippen molar-refractivity contribution < 1.29 is 14.3 Å². The zero-order valence-corrected chi connectivity index (χ0v) is 11.1. The van der Waals surface area contributed by atoms with Crippen LogP contribution in [0.25, 0.3) is 0 Å². The Labute approximate surface area is 98.7 Å². The number of methoxy groups -OCH3 is 1. The molecule has 0 bridgehead atoms. The van der Waals surface area contributed by atoms with Gasteiger partial charge in [0, 0.05) is 19.7 Å². The van der Waals surface area contributed by atoms with Gasteiger partial charge < -0.3 is 14.8 Å². The van der Waals surface area contributed by atoms with Crippen LogP contribution in [-0.4, -0.2) is 39.4 Å². The van der Waals surface area contributed by atoms with Crippen molar-refractivity contribution in [3.63, 3.8) is 0 Å². The third-order valence-corrected chi connectivity index (χ3v) is 2.18. The average molecular weight is 231 g/mol. The SMILES string of the molecule is COC(=O)C(C)(C)CNCCOCC(C)C. The summed E-state index contributed by atoms with van der Waals surface area (Å²) in [5.41, 5.74) is -0.479. The first-order valence-electron chi connectivity index (χ1n) is 5.77. The Morgan fingerprint density at radius 3 is 2.50 bits per heavy atom. The van der Waals surface area contributed by atoms with Crippen LogP contribution in [0.15, 0.2) is 0 Å². The van der Waals surface area contributed by atoms with E-state index in [0.29, 0.717) is 19.1 Å². The van der Waals surface area contributed by atoms with Gasteiger partial charge in [-0.3, -0.25) is 4.79 Å². The lowest BCUT2D eigenvalue weighted by atomic mass is 9.94. The van der Waals surface area contributed by atoms with Crippen LogP contribution < -0.4 is 5.32 Å². The van der Waals surface area contributed by atoms with Crippen LogP contribution in [0.4, 0.5) is 0 Å². The molecule has 0 aliphatic carbocycles. The topological polar surface area (TPSA) is 47.6 Å². The van der Waals surface area contributed by atoms with E-state index in [9.17, 15) is 4.79 Å². The highest BCUT2D eigenvalue weighted by Crippen LogP contribution is 2.14. The molecule has 0 radical (unpaired) electrons. The fourth-order valence-corrected chi connectivity index (χ4v) is 1.21. The number of nitrogens with one attached hydrogen (secondary N) is 1. The molecule has 0 aromatic heterocycles. The quantitative estimate of drug-likeness (QED) is 0.507. The van der Waals surface area contributed by atoms with Crippen LogP contribution >= 0.6 is 0 Å². The molecule has 16 heavy (non-hydrogen) atoms. The number of rotatable bonds is 8. The molecule has 4 heteroatoms. The van der Waals surface area contributed by atoms with E-state index in [1.807, 2.05) is 13.8 Å². The molecule has 0 aromatic rings. The van der Waals surface area contributed by atoms with Gasteiger partial charge in [-0.15, -0.1) is 0 Å². The molecule has 0 heterocycles. The second-order valence-electron chi connectivity index (χ2n) is 5.02. The van der Waals surface area contributed by atoms with Crippen LogP contribution in [0.5, 0.6) is 0 Å². The summed E-state index contributed by atoms with van der Waals surface area (Å²) >= 11 is 0. The number of ether oxygens (including phenoxy) is 2. The lowest BCUT2D eigenvalue weighted by Crippen LogP contribution is -2.38. The molecule has 0 aliphatic rings. The molecule has 0 fully saturated rings. The van der Waals surface area contributed by atoms with Crippen molar-refractivity contribution in [3.05, 3.63) is 0 Å². The monoisotopic (exact) mass is 231 g/mol. The number of carbonyl (C=O) groups is 1. The molecule has 96 valence electrons. The maximum absolute atomic E-state index is 11.3. The lowest BCUT2D eigenvalue weighted by molar-refractivity contribution is -0.150. The zero-order valence-electron chi connectivity index (χ0n) is 11.1. The van der Waals surface area contributed by atoms with Gasteiger partial charge >= 0.3 is 5.97 Å². The number of hydrogen-bond donors (Lipinski definition) is 1. The van der Waals surface area contributed by atoms with Crippen LogP contribution in [-0.2, 0) is 14.3 Å².